The molecular weight excluding hydrogens is 276 g/mol. The second-order valence-corrected chi connectivity index (χ2v) is 4.98. The number of rotatable bonds is 4. The van der Waals surface area contributed by atoms with E-state index in [4.69, 9.17) is 9.47 Å². The first-order valence-corrected chi connectivity index (χ1v) is 7.03. The number of imidazole rings is 1. The zero-order valence-electron chi connectivity index (χ0n) is 12.9. The second kappa shape index (κ2) is 5.93. The molecule has 0 radical (unpaired) electrons. The summed E-state index contributed by atoms with van der Waals surface area (Å²) in [7, 11) is 5.35. The average Bonchev–Trinajstić information content (AvgIpc) is 2.96. The van der Waals surface area contributed by atoms with Gasteiger partial charge in [-0.1, -0.05) is 0 Å². The average molecular weight is 294 g/mol. The van der Waals surface area contributed by atoms with Crippen LogP contribution in [0.2, 0.25) is 0 Å². The molecule has 3 rings (SSSR count). The standard InChI is InChI=1S/C18H18N2O2/c1-20-17(13-4-8-15(21-2)9-5-13)12-19-18(20)14-6-10-16(22-3)11-7-14/h4-12H,1-3H3. The van der Waals surface area contributed by atoms with E-state index >= 15 is 0 Å². The summed E-state index contributed by atoms with van der Waals surface area (Å²) in [4.78, 5) is 4.55. The van der Waals surface area contributed by atoms with E-state index in [1.54, 1.807) is 14.2 Å². The molecule has 3 aromatic rings. The molecule has 112 valence electrons. The largest absolute Gasteiger partial charge is 0.497 e. The van der Waals surface area contributed by atoms with E-state index in [1.807, 2.05) is 61.8 Å². The molecule has 1 heterocycles. The first-order chi connectivity index (χ1) is 10.7. The van der Waals surface area contributed by atoms with E-state index < -0.39 is 0 Å². The van der Waals surface area contributed by atoms with E-state index in [2.05, 4.69) is 9.55 Å². The van der Waals surface area contributed by atoms with Crippen molar-refractivity contribution in [3.05, 3.63) is 54.7 Å². The molecule has 0 atom stereocenters. The fourth-order valence-electron chi connectivity index (χ4n) is 2.45. The molecule has 22 heavy (non-hydrogen) atoms. The lowest BCUT2D eigenvalue weighted by Gasteiger charge is -2.08. The summed E-state index contributed by atoms with van der Waals surface area (Å²) in [6.45, 7) is 0. The number of ether oxygens (including phenoxy) is 2. The van der Waals surface area contributed by atoms with E-state index in [-0.39, 0.29) is 0 Å². The van der Waals surface area contributed by atoms with Crippen molar-refractivity contribution in [1.82, 2.24) is 9.55 Å². The Labute approximate surface area is 130 Å². The lowest BCUT2D eigenvalue weighted by molar-refractivity contribution is 0.415. The van der Waals surface area contributed by atoms with Crippen LogP contribution in [0.5, 0.6) is 11.5 Å². The normalized spacial score (nSPS) is 10.5. The monoisotopic (exact) mass is 294 g/mol. The van der Waals surface area contributed by atoms with Gasteiger partial charge < -0.3 is 14.0 Å². The Balaban J connectivity index is 1.96. The third-order valence-electron chi connectivity index (χ3n) is 3.72. The molecule has 2 aromatic carbocycles. The van der Waals surface area contributed by atoms with Gasteiger partial charge in [-0.2, -0.15) is 0 Å². The van der Waals surface area contributed by atoms with E-state index in [9.17, 15) is 0 Å². The SMILES string of the molecule is COc1ccc(-c2cnc(-c3ccc(OC)cc3)n2C)cc1. The number of benzene rings is 2. The van der Waals surface area contributed by atoms with Gasteiger partial charge >= 0.3 is 0 Å². The minimum absolute atomic E-state index is 0.841. The quantitative estimate of drug-likeness (QED) is 0.735. The third kappa shape index (κ3) is 2.55. The molecule has 1 aromatic heterocycles. The molecule has 0 spiro atoms. The summed E-state index contributed by atoms with van der Waals surface area (Å²) in [5, 5.41) is 0. The Morgan fingerprint density at radius 2 is 1.27 bits per heavy atom. The smallest absolute Gasteiger partial charge is 0.140 e. The highest BCUT2D eigenvalue weighted by molar-refractivity contribution is 5.66. The van der Waals surface area contributed by atoms with Gasteiger partial charge in [0.25, 0.3) is 0 Å². The molecule has 0 bridgehead atoms. The van der Waals surface area contributed by atoms with Crippen LogP contribution in [0.25, 0.3) is 22.6 Å². The highest BCUT2D eigenvalue weighted by atomic mass is 16.5. The Bertz CT molecular complexity index is 694. The van der Waals surface area contributed by atoms with Crippen molar-refractivity contribution < 1.29 is 9.47 Å². The van der Waals surface area contributed by atoms with Gasteiger partial charge in [0, 0.05) is 18.2 Å². The minimum atomic E-state index is 0.841. The predicted molar refractivity (Wildman–Crippen MR) is 87.2 cm³/mol. The van der Waals surface area contributed by atoms with Crippen LogP contribution in [0.15, 0.2) is 54.7 Å². The maximum absolute atomic E-state index is 5.20. The summed E-state index contributed by atoms with van der Waals surface area (Å²) in [5.41, 5.74) is 3.23. The Kier molecular flexibility index (Phi) is 3.83. The number of hydrogen-bond acceptors (Lipinski definition) is 3. The van der Waals surface area contributed by atoms with Crippen LogP contribution in [-0.4, -0.2) is 23.8 Å². The van der Waals surface area contributed by atoms with Gasteiger partial charge in [-0.25, -0.2) is 4.98 Å². The van der Waals surface area contributed by atoms with Crippen LogP contribution < -0.4 is 9.47 Å². The first kappa shape index (κ1) is 14.2. The Morgan fingerprint density at radius 1 is 0.773 bits per heavy atom. The van der Waals surface area contributed by atoms with E-state index in [1.165, 1.54) is 0 Å². The molecule has 0 aliphatic carbocycles. The molecule has 0 saturated heterocycles. The van der Waals surface area contributed by atoms with Crippen LogP contribution in [0.1, 0.15) is 0 Å². The zero-order valence-corrected chi connectivity index (χ0v) is 12.9. The molecule has 0 fully saturated rings. The lowest BCUT2D eigenvalue weighted by Crippen LogP contribution is -1.95. The highest BCUT2D eigenvalue weighted by Crippen LogP contribution is 2.27. The number of methoxy groups -OCH3 is 2. The van der Waals surface area contributed by atoms with Gasteiger partial charge in [-0.3, -0.25) is 0 Å². The van der Waals surface area contributed by atoms with Gasteiger partial charge in [0.15, 0.2) is 0 Å². The van der Waals surface area contributed by atoms with Gasteiger partial charge in [0.05, 0.1) is 26.1 Å². The number of hydrogen-bond donors (Lipinski definition) is 0. The number of aromatic nitrogens is 2. The predicted octanol–water partition coefficient (Wildman–Crippen LogP) is 3.77. The first-order valence-electron chi connectivity index (χ1n) is 7.03. The molecule has 0 amide bonds. The lowest BCUT2D eigenvalue weighted by atomic mass is 10.1. The van der Waals surface area contributed by atoms with Crippen molar-refractivity contribution in [3.63, 3.8) is 0 Å². The van der Waals surface area contributed by atoms with Crippen LogP contribution in [0.4, 0.5) is 0 Å². The maximum Gasteiger partial charge on any atom is 0.140 e. The van der Waals surface area contributed by atoms with Crippen molar-refractivity contribution in [1.29, 1.82) is 0 Å². The molecule has 0 saturated carbocycles. The molecule has 0 N–H and O–H groups in total. The molecular formula is C18H18N2O2. The second-order valence-electron chi connectivity index (χ2n) is 4.98. The van der Waals surface area contributed by atoms with Gasteiger partial charge in [-0.15, -0.1) is 0 Å². The van der Waals surface area contributed by atoms with Crippen LogP contribution >= 0.6 is 0 Å². The van der Waals surface area contributed by atoms with Crippen molar-refractivity contribution in [2.24, 2.45) is 7.05 Å². The summed E-state index contributed by atoms with van der Waals surface area (Å²) >= 11 is 0. The fourth-order valence-corrected chi connectivity index (χ4v) is 2.45. The van der Waals surface area contributed by atoms with Crippen molar-refractivity contribution in [2.45, 2.75) is 0 Å². The summed E-state index contributed by atoms with van der Waals surface area (Å²) in [6.07, 6.45) is 1.89. The molecule has 0 unspecified atom stereocenters. The van der Waals surface area contributed by atoms with Crippen LogP contribution in [0.3, 0.4) is 0 Å². The Morgan fingerprint density at radius 3 is 1.77 bits per heavy atom. The topological polar surface area (TPSA) is 36.3 Å². The Hall–Kier alpha value is -2.75. The summed E-state index contributed by atoms with van der Waals surface area (Å²) in [6, 6.07) is 15.9. The van der Waals surface area contributed by atoms with E-state index in [0.717, 1.165) is 34.1 Å². The van der Waals surface area contributed by atoms with E-state index in [0.29, 0.717) is 0 Å². The minimum Gasteiger partial charge on any atom is -0.497 e. The highest BCUT2D eigenvalue weighted by Gasteiger charge is 2.10. The van der Waals surface area contributed by atoms with Crippen molar-refractivity contribution in [2.75, 3.05) is 14.2 Å². The van der Waals surface area contributed by atoms with Gasteiger partial charge in [-0.05, 0) is 48.5 Å². The number of nitrogens with zero attached hydrogens (tertiary/aromatic N) is 2. The van der Waals surface area contributed by atoms with Gasteiger partial charge in [0.1, 0.15) is 17.3 Å². The molecule has 0 aliphatic heterocycles. The van der Waals surface area contributed by atoms with Crippen LogP contribution in [0, 0.1) is 0 Å². The zero-order chi connectivity index (χ0) is 15.5. The van der Waals surface area contributed by atoms with Crippen molar-refractivity contribution in [3.8, 4) is 34.1 Å². The van der Waals surface area contributed by atoms with Crippen molar-refractivity contribution >= 4 is 0 Å². The van der Waals surface area contributed by atoms with Gasteiger partial charge in [0.2, 0.25) is 0 Å². The fraction of sp³-hybridized carbons (Fsp3) is 0.167. The molecule has 0 aliphatic rings. The maximum atomic E-state index is 5.20. The molecule has 4 heteroatoms. The van der Waals surface area contributed by atoms with Crippen LogP contribution in [-0.2, 0) is 7.05 Å². The third-order valence-corrected chi connectivity index (χ3v) is 3.72. The summed E-state index contributed by atoms with van der Waals surface area (Å²) < 4.78 is 12.5. The molecule has 4 nitrogen and oxygen atoms in total. The summed E-state index contributed by atoms with van der Waals surface area (Å²) in [5.74, 6) is 2.61.